The normalized spacial score (nSPS) is 12.0. The van der Waals surface area contributed by atoms with Crippen LogP contribution in [0.15, 0.2) is 36.4 Å². The second-order valence-corrected chi connectivity index (χ2v) is 6.39. The number of nitrogens with one attached hydrogen (secondary N) is 1. The van der Waals surface area contributed by atoms with Crippen molar-refractivity contribution in [3.8, 4) is 23.0 Å². The van der Waals surface area contributed by atoms with Gasteiger partial charge in [-0.3, -0.25) is 0 Å². The molecule has 0 radical (unpaired) electrons. The summed E-state index contributed by atoms with van der Waals surface area (Å²) in [4.78, 5) is 0. The predicted octanol–water partition coefficient (Wildman–Crippen LogP) is 4.21. The molecule has 0 saturated heterocycles. The largest absolute Gasteiger partial charge is 0.497 e. The lowest BCUT2D eigenvalue weighted by Crippen LogP contribution is -2.25. The molecule has 142 valence electrons. The zero-order valence-electron chi connectivity index (χ0n) is 16.5. The molecule has 0 heterocycles. The van der Waals surface area contributed by atoms with Crippen molar-refractivity contribution in [2.75, 3.05) is 28.4 Å². The molecule has 1 unspecified atom stereocenters. The Balaban J connectivity index is 2.22. The Kier molecular flexibility index (Phi) is 7.16. The van der Waals surface area contributed by atoms with Gasteiger partial charge in [-0.05, 0) is 29.7 Å². The van der Waals surface area contributed by atoms with Gasteiger partial charge >= 0.3 is 0 Å². The molecule has 5 nitrogen and oxygen atoms in total. The van der Waals surface area contributed by atoms with Crippen LogP contribution in [0.4, 0.5) is 0 Å². The van der Waals surface area contributed by atoms with Crippen molar-refractivity contribution in [1.82, 2.24) is 5.32 Å². The van der Waals surface area contributed by atoms with Crippen LogP contribution in [-0.4, -0.2) is 28.4 Å². The molecule has 0 fully saturated rings. The Morgan fingerprint density at radius 3 is 1.85 bits per heavy atom. The summed E-state index contributed by atoms with van der Waals surface area (Å²) >= 11 is 0. The average molecular weight is 359 g/mol. The van der Waals surface area contributed by atoms with Crippen molar-refractivity contribution in [3.05, 3.63) is 47.5 Å². The first-order valence-electron chi connectivity index (χ1n) is 8.70. The lowest BCUT2D eigenvalue weighted by molar-refractivity contribution is 0.345. The van der Waals surface area contributed by atoms with E-state index in [2.05, 4.69) is 31.3 Å². The Hall–Kier alpha value is -2.40. The Bertz CT molecular complexity index is 698. The summed E-state index contributed by atoms with van der Waals surface area (Å²) in [6.45, 7) is 5.06. The minimum atomic E-state index is 0.207. The molecule has 1 atom stereocenters. The van der Waals surface area contributed by atoms with Crippen molar-refractivity contribution in [2.45, 2.75) is 26.4 Å². The van der Waals surface area contributed by atoms with Crippen LogP contribution in [0.3, 0.4) is 0 Å². The van der Waals surface area contributed by atoms with Crippen LogP contribution in [0.1, 0.15) is 31.0 Å². The van der Waals surface area contributed by atoms with Crippen molar-refractivity contribution in [3.63, 3.8) is 0 Å². The fourth-order valence-electron chi connectivity index (χ4n) is 3.00. The summed E-state index contributed by atoms with van der Waals surface area (Å²) < 4.78 is 21.5. The molecular formula is C21H29NO4. The lowest BCUT2D eigenvalue weighted by atomic mass is 9.95. The third kappa shape index (κ3) is 4.61. The van der Waals surface area contributed by atoms with E-state index >= 15 is 0 Å². The van der Waals surface area contributed by atoms with E-state index in [-0.39, 0.29) is 6.04 Å². The van der Waals surface area contributed by atoms with E-state index in [1.165, 1.54) is 5.56 Å². The fraction of sp³-hybridized carbons (Fsp3) is 0.429. The van der Waals surface area contributed by atoms with Gasteiger partial charge in [-0.15, -0.1) is 0 Å². The van der Waals surface area contributed by atoms with Crippen LogP contribution in [0.2, 0.25) is 0 Å². The van der Waals surface area contributed by atoms with Gasteiger partial charge in [-0.2, -0.15) is 0 Å². The molecule has 0 aliphatic rings. The summed E-state index contributed by atoms with van der Waals surface area (Å²) in [7, 11) is 6.59. The minimum Gasteiger partial charge on any atom is -0.497 e. The number of rotatable bonds is 9. The molecule has 0 saturated carbocycles. The predicted molar refractivity (Wildman–Crippen MR) is 104 cm³/mol. The molecule has 1 N–H and O–H groups in total. The van der Waals surface area contributed by atoms with E-state index in [9.17, 15) is 0 Å². The first-order chi connectivity index (χ1) is 12.5. The molecule has 0 aliphatic heterocycles. The molecule has 2 aromatic rings. The van der Waals surface area contributed by atoms with Crippen LogP contribution in [0, 0.1) is 5.92 Å². The quantitative estimate of drug-likeness (QED) is 0.727. The number of hydrogen-bond acceptors (Lipinski definition) is 5. The lowest BCUT2D eigenvalue weighted by Gasteiger charge is -2.24. The maximum absolute atomic E-state index is 5.52. The molecule has 26 heavy (non-hydrogen) atoms. The highest BCUT2D eigenvalue weighted by molar-refractivity contribution is 5.50. The van der Waals surface area contributed by atoms with Crippen molar-refractivity contribution in [2.24, 2.45) is 5.92 Å². The highest BCUT2D eigenvalue weighted by Gasteiger charge is 2.18. The zero-order valence-corrected chi connectivity index (χ0v) is 16.5. The zero-order chi connectivity index (χ0) is 19.1. The van der Waals surface area contributed by atoms with Gasteiger partial charge in [0.05, 0.1) is 28.4 Å². The molecule has 0 aromatic heterocycles. The molecule has 0 spiro atoms. The van der Waals surface area contributed by atoms with Crippen LogP contribution in [0.25, 0.3) is 0 Å². The molecular weight excluding hydrogens is 330 g/mol. The molecule has 2 aromatic carbocycles. The Morgan fingerprint density at radius 2 is 1.35 bits per heavy atom. The summed E-state index contributed by atoms with van der Waals surface area (Å²) in [5.74, 6) is 3.40. The van der Waals surface area contributed by atoms with Crippen LogP contribution < -0.4 is 24.3 Å². The molecule has 0 bridgehead atoms. The van der Waals surface area contributed by atoms with Gasteiger partial charge in [-0.25, -0.2) is 0 Å². The monoisotopic (exact) mass is 359 g/mol. The van der Waals surface area contributed by atoms with Gasteiger partial charge in [0, 0.05) is 24.2 Å². The fourth-order valence-corrected chi connectivity index (χ4v) is 3.00. The number of hydrogen-bond donors (Lipinski definition) is 1. The summed E-state index contributed by atoms with van der Waals surface area (Å²) in [5, 5.41) is 3.64. The highest BCUT2D eigenvalue weighted by atomic mass is 16.5. The minimum absolute atomic E-state index is 0.207. The Morgan fingerprint density at radius 1 is 0.769 bits per heavy atom. The van der Waals surface area contributed by atoms with Gasteiger partial charge in [0.1, 0.15) is 11.5 Å². The van der Waals surface area contributed by atoms with E-state index in [0.29, 0.717) is 24.0 Å². The highest BCUT2D eigenvalue weighted by Crippen LogP contribution is 2.35. The maximum Gasteiger partial charge on any atom is 0.164 e. The van der Waals surface area contributed by atoms with E-state index in [1.807, 2.05) is 24.3 Å². The van der Waals surface area contributed by atoms with Gasteiger partial charge < -0.3 is 24.3 Å². The first-order valence-corrected chi connectivity index (χ1v) is 8.70. The average Bonchev–Trinajstić information content (AvgIpc) is 2.67. The third-order valence-corrected chi connectivity index (χ3v) is 4.44. The summed E-state index contributed by atoms with van der Waals surface area (Å²) in [6, 6.07) is 12.2. The standard InChI is InChI=1S/C21H29NO4/c1-14(2)21(15-7-9-17(23-3)10-8-15)22-13-16-11-19(25-5)20(26-6)12-18(16)24-4/h7-12,14,21-22H,13H2,1-6H3. The van der Waals surface area contributed by atoms with Gasteiger partial charge in [0.15, 0.2) is 11.5 Å². The topological polar surface area (TPSA) is 49.0 Å². The summed E-state index contributed by atoms with van der Waals surface area (Å²) in [6.07, 6.45) is 0. The molecule has 0 amide bonds. The van der Waals surface area contributed by atoms with Gasteiger partial charge in [0.2, 0.25) is 0 Å². The van der Waals surface area contributed by atoms with Crippen LogP contribution in [0.5, 0.6) is 23.0 Å². The van der Waals surface area contributed by atoms with E-state index in [0.717, 1.165) is 17.1 Å². The number of ether oxygens (including phenoxy) is 4. The van der Waals surface area contributed by atoms with Crippen molar-refractivity contribution >= 4 is 0 Å². The molecule has 0 aliphatic carbocycles. The molecule has 5 heteroatoms. The number of methoxy groups -OCH3 is 4. The Labute approximate surface area is 156 Å². The van der Waals surface area contributed by atoms with E-state index < -0.39 is 0 Å². The van der Waals surface area contributed by atoms with Crippen LogP contribution >= 0.6 is 0 Å². The van der Waals surface area contributed by atoms with Crippen molar-refractivity contribution < 1.29 is 18.9 Å². The summed E-state index contributed by atoms with van der Waals surface area (Å²) in [5.41, 5.74) is 2.24. The third-order valence-electron chi connectivity index (χ3n) is 4.44. The van der Waals surface area contributed by atoms with Gasteiger partial charge in [-0.1, -0.05) is 26.0 Å². The first kappa shape index (κ1) is 19.9. The van der Waals surface area contributed by atoms with Crippen LogP contribution in [-0.2, 0) is 6.54 Å². The second-order valence-electron chi connectivity index (χ2n) is 6.39. The van der Waals surface area contributed by atoms with E-state index in [1.54, 1.807) is 28.4 Å². The smallest absolute Gasteiger partial charge is 0.164 e. The second kappa shape index (κ2) is 9.34. The van der Waals surface area contributed by atoms with Gasteiger partial charge in [0.25, 0.3) is 0 Å². The molecule has 2 rings (SSSR count). The van der Waals surface area contributed by atoms with Crippen molar-refractivity contribution in [1.29, 1.82) is 0 Å². The maximum atomic E-state index is 5.52. The number of benzene rings is 2. The SMILES string of the molecule is COc1ccc(C(NCc2cc(OC)c(OC)cc2OC)C(C)C)cc1. The van der Waals surface area contributed by atoms with E-state index in [4.69, 9.17) is 18.9 Å².